The van der Waals surface area contributed by atoms with Crippen LogP contribution in [-0.2, 0) is 0 Å². The smallest absolute Gasteiger partial charge is 0.257 e. The highest BCUT2D eigenvalue weighted by Gasteiger charge is 2.26. The van der Waals surface area contributed by atoms with E-state index in [0.29, 0.717) is 30.9 Å². The molecule has 0 spiro atoms. The summed E-state index contributed by atoms with van der Waals surface area (Å²) in [6.45, 7) is 8.44. The number of anilines is 1. The molecule has 0 aromatic carbocycles. The lowest BCUT2D eigenvalue weighted by Crippen LogP contribution is -2.39. The zero-order chi connectivity index (χ0) is 20.2. The second-order valence-electron chi connectivity index (χ2n) is 7.84. The first-order valence-electron chi connectivity index (χ1n) is 10.4. The van der Waals surface area contributed by atoms with Gasteiger partial charge in [0.15, 0.2) is 5.75 Å². The zero-order valence-electron chi connectivity index (χ0n) is 17.5. The summed E-state index contributed by atoms with van der Waals surface area (Å²) in [5.74, 6) is 2.60. The quantitative estimate of drug-likeness (QED) is 0.799. The first-order valence-corrected chi connectivity index (χ1v) is 10.4. The van der Waals surface area contributed by atoms with Gasteiger partial charge >= 0.3 is 0 Å². The van der Waals surface area contributed by atoms with Crippen molar-refractivity contribution in [2.45, 2.75) is 32.7 Å². The maximum Gasteiger partial charge on any atom is 0.257 e. The normalized spacial score (nSPS) is 20.2. The van der Waals surface area contributed by atoms with Gasteiger partial charge in [0, 0.05) is 36.6 Å². The third-order valence-electron chi connectivity index (χ3n) is 5.69. The molecule has 2 aromatic rings. The monoisotopic (exact) mass is 398 g/mol. The molecule has 0 bridgehead atoms. The number of hydrogen-bond acceptors (Lipinski definition) is 7. The molecular weight excluding hydrogens is 368 g/mol. The minimum Gasteiger partial charge on any atom is -0.484 e. The Labute approximate surface area is 172 Å². The van der Waals surface area contributed by atoms with E-state index >= 15 is 0 Å². The summed E-state index contributed by atoms with van der Waals surface area (Å²) in [7, 11) is 1.65. The summed E-state index contributed by atoms with van der Waals surface area (Å²) >= 11 is 0. The number of fused-ring (bicyclic) bond motifs is 1. The van der Waals surface area contributed by atoms with Crippen molar-refractivity contribution in [1.82, 2.24) is 14.9 Å². The molecule has 2 atom stereocenters. The number of nitrogens with one attached hydrogen (secondary N) is 1. The molecule has 2 aliphatic rings. The van der Waals surface area contributed by atoms with E-state index in [4.69, 9.17) is 19.2 Å². The maximum atomic E-state index is 5.66. The van der Waals surface area contributed by atoms with Crippen LogP contribution in [0.25, 0.3) is 0 Å². The second kappa shape index (κ2) is 8.86. The van der Waals surface area contributed by atoms with Crippen molar-refractivity contribution in [3.8, 4) is 17.5 Å². The molecule has 0 amide bonds. The molecular formula is C22H30N4O3. The van der Waals surface area contributed by atoms with Gasteiger partial charge in [0.2, 0.25) is 5.88 Å². The molecule has 2 aliphatic heterocycles. The molecule has 2 unspecified atom stereocenters. The van der Waals surface area contributed by atoms with Crippen molar-refractivity contribution >= 4 is 5.69 Å². The summed E-state index contributed by atoms with van der Waals surface area (Å²) in [6, 6.07) is 8.30. The van der Waals surface area contributed by atoms with Crippen molar-refractivity contribution in [1.29, 1.82) is 0 Å². The molecule has 29 heavy (non-hydrogen) atoms. The second-order valence-corrected chi connectivity index (χ2v) is 7.84. The molecule has 0 saturated carbocycles. The molecule has 1 saturated heterocycles. The Morgan fingerprint density at radius 3 is 2.97 bits per heavy atom. The van der Waals surface area contributed by atoms with Crippen molar-refractivity contribution in [2.75, 3.05) is 45.3 Å². The fourth-order valence-electron chi connectivity index (χ4n) is 4.09. The van der Waals surface area contributed by atoms with E-state index in [1.54, 1.807) is 7.11 Å². The molecule has 0 radical (unpaired) electrons. The largest absolute Gasteiger partial charge is 0.484 e. The summed E-state index contributed by atoms with van der Waals surface area (Å²) in [5.41, 5.74) is 3.06. The van der Waals surface area contributed by atoms with Crippen LogP contribution in [0.1, 0.15) is 37.2 Å². The van der Waals surface area contributed by atoms with Crippen LogP contribution >= 0.6 is 0 Å². The van der Waals surface area contributed by atoms with E-state index in [1.807, 2.05) is 19.1 Å². The molecule has 2 aromatic heterocycles. The lowest BCUT2D eigenvalue weighted by atomic mass is 9.96. The van der Waals surface area contributed by atoms with Crippen LogP contribution in [0.4, 0.5) is 5.69 Å². The Morgan fingerprint density at radius 2 is 2.10 bits per heavy atom. The topological polar surface area (TPSA) is 68.7 Å². The number of methoxy groups -OCH3 is 1. The molecule has 1 N–H and O–H groups in total. The van der Waals surface area contributed by atoms with Crippen LogP contribution in [0.2, 0.25) is 0 Å². The molecule has 1 fully saturated rings. The van der Waals surface area contributed by atoms with Crippen molar-refractivity contribution in [2.24, 2.45) is 5.92 Å². The Morgan fingerprint density at radius 1 is 1.24 bits per heavy atom. The van der Waals surface area contributed by atoms with Gasteiger partial charge in [-0.3, -0.25) is 4.90 Å². The third kappa shape index (κ3) is 4.72. The average molecular weight is 399 g/mol. The van der Waals surface area contributed by atoms with Crippen LogP contribution in [0.3, 0.4) is 0 Å². The molecule has 156 valence electrons. The van der Waals surface area contributed by atoms with Gasteiger partial charge in [-0.05, 0) is 57.4 Å². The van der Waals surface area contributed by atoms with Gasteiger partial charge < -0.3 is 19.5 Å². The molecule has 7 nitrogen and oxygen atoms in total. The van der Waals surface area contributed by atoms with E-state index in [1.165, 1.54) is 12.8 Å². The number of nitrogens with zero attached hydrogens (tertiary/aromatic N) is 3. The standard InChI is InChI=1S/C22H30N4O3/c1-15-11-18(12-21(24-15)27-3)23-13-17-5-4-8-26(14-17)16(2)19-6-7-20-22(25-19)29-10-9-28-20/h6-7,11-12,16-17H,4-5,8-10,13-14H2,1-3H3,(H,23,24). The average Bonchev–Trinajstić information content (AvgIpc) is 2.76. The summed E-state index contributed by atoms with van der Waals surface area (Å²) in [6.07, 6.45) is 2.42. The van der Waals surface area contributed by atoms with Crippen LogP contribution < -0.4 is 19.5 Å². The number of aryl methyl sites for hydroxylation is 1. The van der Waals surface area contributed by atoms with Crippen LogP contribution in [0.5, 0.6) is 17.5 Å². The lowest BCUT2D eigenvalue weighted by molar-refractivity contribution is 0.131. The van der Waals surface area contributed by atoms with E-state index < -0.39 is 0 Å². The number of hydrogen-bond donors (Lipinski definition) is 1. The molecule has 0 aliphatic carbocycles. The highest BCUT2D eigenvalue weighted by atomic mass is 16.6. The lowest BCUT2D eigenvalue weighted by Gasteiger charge is -2.37. The van der Waals surface area contributed by atoms with Gasteiger partial charge in [-0.1, -0.05) is 0 Å². The SMILES string of the molecule is COc1cc(NCC2CCCN(C(C)c3ccc4c(n3)OCCO4)C2)cc(C)n1. The number of ether oxygens (including phenoxy) is 3. The minimum absolute atomic E-state index is 0.247. The highest BCUT2D eigenvalue weighted by Crippen LogP contribution is 2.32. The predicted molar refractivity (Wildman–Crippen MR) is 112 cm³/mol. The van der Waals surface area contributed by atoms with Crippen LogP contribution in [-0.4, -0.2) is 54.8 Å². The first-order chi connectivity index (χ1) is 14.1. The van der Waals surface area contributed by atoms with Gasteiger partial charge in [0.1, 0.15) is 13.2 Å². The number of likely N-dealkylation sites (tertiary alicyclic amines) is 1. The minimum atomic E-state index is 0.247. The molecule has 7 heteroatoms. The van der Waals surface area contributed by atoms with E-state index in [-0.39, 0.29) is 6.04 Å². The molecule has 4 heterocycles. The van der Waals surface area contributed by atoms with Crippen LogP contribution in [0, 0.1) is 12.8 Å². The molecule has 4 rings (SSSR count). The van der Waals surface area contributed by atoms with Gasteiger partial charge in [-0.2, -0.15) is 0 Å². The van der Waals surface area contributed by atoms with Crippen molar-refractivity contribution in [3.05, 3.63) is 35.7 Å². The van der Waals surface area contributed by atoms with Gasteiger partial charge in [-0.25, -0.2) is 9.97 Å². The van der Waals surface area contributed by atoms with Gasteiger partial charge in [-0.15, -0.1) is 0 Å². The van der Waals surface area contributed by atoms with E-state index in [2.05, 4.69) is 34.3 Å². The fraction of sp³-hybridized carbons (Fsp3) is 0.545. The van der Waals surface area contributed by atoms with Gasteiger partial charge in [0.05, 0.1) is 12.8 Å². The maximum absolute atomic E-state index is 5.66. The number of rotatable bonds is 6. The first kappa shape index (κ1) is 19.8. The van der Waals surface area contributed by atoms with Crippen molar-refractivity contribution in [3.63, 3.8) is 0 Å². The summed E-state index contributed by atoms with van der Waals surface area (Å²) < 4.78 is 16.5. The van der Waals surface area contributed by atoms with Gasteiger partial charge in [0.25, 0.3) is 5.88 Å². The highest BCUT2D eigenvalue weighted by molar-refractivity contribution is 5.47. The van der Waals surface area contributed by atoms with Crippen molar-refractivity contribution < 1.29 is 14.2 Å². The Kier molecular flexibility index (Phi) is 6.04. The summed E-state index contributed by atoms with van der Waals surface area (Å²) in [5, 5.41) is 3.57. The Bertz CT molecular complexity index is 845. The van der Waals surface area contributed by atoms with E-state index in [0.717, 1.165) is 42.5 Å². The Hall–Kier alpha value is -2.54. The zero-order valence-corrected chi connectivity index (χ0v) is 17.5. The Balaban J connectivity index is 1.37. The summed E-state index contributed by atoms with van der Waals surface area (Å²) in [4.78, 5) is 11.6. The van der Waals surface area contributed by atoms with Crippen LogP contribution in [0.15, 0.2) is 24.3 Å². The number of pyridine rings is 2. The third-order valence-corrected chi connectivity index (χ3v) is 5.69. The number of aromatic nitrogens is 2. The number of piperidine rings is 1. The predicted octanol–water partition coefficient (Wildman–Crippen LogP) is 3.45. The van der Waals surface area contributed by atoms with E-state index in [9.17, 15) is 0 Å². The fourth-order valence-corrected chi connectivity index (χ4v) is 4.09.